The van der Waals surface area contributed by atoms with Gasteiger partial charge in [-0.05, 0) is 49.6 Å². The number of sulfonamides is 1. The molecular formula is C24H28Cl3N3O4S. The number of rotatable bonds is 9. The number of nitrogens with zero attached hydrogens (tertiary/aromatic N) is 2. The lowest BCUT2D eigenvalue weighted by atomic mass is 10.1. The molecule has 2 amide bonds. The van der Waals surface area contributed by atoms with Gasteiger partial charge >= 0.3 is 0 Å². The summed E-state index contributed by atoms with van der Waals surface area (Å²) in [7, 11) is -3.86. The molecule has 1 fully saturated rings. The number of carbonyl (C=O) groups is 2. The molecule has 35 heavy (non-hydrogen) atoms. The molecule has 190 valence electrons. The van der Waals surface area contributed by atoms with E-state index in [1.165, 1.54) is 23.1 Å². The molecule has 1 aliphatic carbocycles. The zero-order valence-corrected chi connectivity index (χ0v) is 22.6. The Hall–Kier alpha value is -2.00. The molecule has 1 atom stereocenters. The summed E-state index contributed by atoms with van der Waals surface area (Å²) in [5, 5.41) is 3.87. The van der Waals surface area contributed by atoms with Crippen molar-refractivity contribution in [3.8, 4) is 0 Å². The fourth-order valence-electron chi connectivity index (χ4n) is 4.04. The van der Waals surface area contributed by atoms with Gasteiger partial charge in [0.25, 0.3) is 0 Å². The minimum atomic E-state index is -3.86. The SMILES string of the molecule is C[C@@H](C(=O)NC1CCCC1)N(Cc1ccccc1Cl)C(=O)CN(c1ccc(Cl)c(Cl)c1)S(C)(=O)=O. The number of benzene rings is 2. The van der Waals surface area contributed by atoms with Crippen LogP contribution in [0, 0.1) is 0 Å². The number of halogens is 3. The van der Waals surface area contributed by atoms with Crippen molar-refractivity contribution >= 4 is 62.3 Å². The molecule has 1 aliphatic rings. The second kappa shape index (κ2) is 11.8. The van der Waals surface area contributed by atoms with E-state index in [-0.39, 0.29) is 34.2 Å². The van der Waals surface area contributed by atoms with Crippen LogP contribution < -0.4 is 9.62 Å². The molecule has 0 aromatic heterocycles. The molecular weight excluding hydrogens is 533 g/mol. The van der Waals surface area contributed by atoms with E-state index in [1.807, 2.05) is 0 Å². The van der Waals surface area contributed by atoms with Crippen molar-refractivity contribution in [3.05, 3.63) is 63.1 Å². The molecule has 0 saturated heterocycles. The molecule has 0 aliphatic heterocycles. The molecule has 0 radical (unpaired) electrons. The fourth-order valence-corrected chi connectivity index (χ4v) is 5.37. The van der Waals surface area contributed by atoms with E-state index >= 15 is 0 Å². The van der Waals surface area contributed by atoms with Crippen LogP contribution in [0.15, 0.2) is 42.5 Å². The summed E-state index contributed by atoms with van der Waals surface area (Å²) in [6.45, 7) is 1.14. The van der Waals surface area contributed by atoms with E-state index in [0.717, 1.165) is 36.2 Å². The van der Waals surface area contributed by atoms with Gasteiger partial charge in [0.15, 0.2) is 0 Å². The van der Waals surface area contributed by atoms with Crippen molar-refractivity contribution < 1.29 is 18.0 Å². The predicted octanol–water partition coefficient (Wildman–Crippen LogP) is 4.89. The lowest BCUT2D eigenvalue weighted by Crippen LogP contribution is -2.52. The zero-order chi connectivity index (χ0) is 25.8. The van der Waals surface area contributed by atoms with Crippen molar-refractivity contribution in [2.75, 3.05) is 17.1 Å². The van der Waals surface area contributed by atoms with Gasteiger partial charge in [0, 0.05) is 17.6 Å². The van der Waals surface area contributed by atoms with E-state index < -0.39 is 28.5 Å². The lowest BCUT2D eigenvalue weighted by Gasteiger charge is -2.32. The number of hydrogen-bond acceptors (Lipinski definition) is 4. The largest absolute Gasteiger partial charge is 0.352 e. The van der Waals surface area contributed by atoms with Crippen molar-refractivity contribution in [2.24, 2.45) is 0 Å². The van der Waals surface area contributed by atoms with Crippen molar-refractivity contribution in [1.29, 1.82) is 0 Å². The maximum atomic E-state index is 13.6. The molecule has 0 spiro atoms. The number of anilines is 1. The zero-order valence-electron chi connectivity index (χ0n) is 19.5. The maximum absolute atomic E-state index is 13.6. The highest BCUT2D eigenvalue weighted by Crippen LogP contribution is 2.29. The summed E-state index contributed by atoms with van der Waals surface area (Å²) < 4.78 is 26.2. The van der Waals surface area contributed by atoms with Gasteiger partial charge in [-0.1, -0.05) is 65.8 Å². The van der Waals surface area contributed by atoms with E-state index in [1.54, 1.807) is 31.2 Å². The molecule has 2 aromatic rings. The van der Waals surface area contributed by atoms with Gasteiger partial charge in [0.05, 0.1) is 22.0 Å². The minimum absolute atomic E-state index is 0.0384. The molecule has 1 N–H and O–H groups in total. The van der Waals surface area contributed by atoms with Gasteiger partial charge in [-0.2, -0.15) is 0 Å². The van der Waals surface area contributed by atoms with Crippen molar-refractivity contribution in [1.82, 2.24) is 10.2 Å². The van der Waals surface area contributed by atoms with Gasteiger partial charge in [-0.15, -0.1) is 0 Å². The summed E-state index contributed by atoms with van der Waals surface area (Å²) in [6.07, 6.45) is 4.90. The van der Waals surface area contributed by atoms with Gasteiger partial charge < -0.3 is 10.2 Å². The number of carbonyl (C=O) groups excluding carboxylic acids is 2. The Labute approximate surface area is 221 Å². The predicted molar refractivity (Wildman–Crippen MR) is 141 cm³/mol. The normalized spacial score (nSPS) is 15.0. The quantitative estimate of drug-likeness (QED) is 0.473. The van der Waals surface area contributed by atoms with E-state index in [2.05, 4.69) is 5.32 Å². The summed E-state index contributed by atoms with van der Waals surface area (Å²) in [4.78, 5) is 28.0. The maximum Gasteiger partial charge on any atom is 0.244 e. The van der Waals surface area contributed by atoms with Crippen LogP contribution in [-0.2, 0) is 26.2 Å². The molecule has 0 heterocycles. The molecule has 11 heteroatoms. The minimum Gasteiger partial charge on any atom is -0.352 e. The molecule has 1 saturated carbocycles. The molecule has 7 nitrogen and oxygen atoms in total. The monoisotopic (exact) mass is 559 g/mol. The third-order valence-electron chi connectivity index (χ3n) is 6.04. The van der Waals surface area contributed by atoms with Crippen molar-refractivity contribution in [3.63, 3.8) is 0 Å². The number of hydrogen-bond donors (Lipinski definition) is 1. The van der Waals surface area contributed by atoms with Crippen LogP contribution in [0.2, 0.25) is 15.1 Å². The van der Waals surface area contributed by atoms with Crippen LogP contribution in [0.25, 0.3) is 0 Å². The highest BCUT2D eigenvalue weighted by Gasteiger charge is 2.31. The molecule has 3 rings (SSSR count). The van der Waals surface area contributed by atoms with Crippen LogP contribution in [0.5, 0.6) is 0 Å². The van der Waals surface area contributed by atoms with Gasteiger partial charge in [-0.25, -0.2) is 8.42 Å². The molecule has 2 aromatic carbocycles. The Kier molecular flexibility index (Phi) is 9.32. The van der Waals surface area contributed by atoms with Gasteiger partial charge in [0.1, 0.15) is 12.6 Å². The van der Waals surface area contributed by atoms with Crippen molar-refractivity contribution in [2.45, 2.75) is 51.2 Å². The Morgan fingerprint density at radius 3 is 2.29 bits per heavy atom. The van der Waals surface area contributed by atoms with E-state index in [9.17, 15) is 18.0 Å². The standard InChI is InChI=1S/C24H28Cl3N3O4S/c1-16(24(32)28-18-8-4-5-9-18)29(14-17-7-3-6-10-20(17)25)23(31)15-30(35(2,33)34)19-11-12-21(26)22(27)13-19/h3,6-7,10-13,16,18H,4-5,8-9,14-15H2,1-2H3,(H,28,32)/t16-/m0/s1. The van der Waals surface area contributed by atoms with Crippen LogP contribution in [0.3, 0.4) is 0 Å². The summed E-state index contributed by atoms with van der Waals surface area (Å²) in [5.41, 5.74) is 0.833. The third-order valence-corrected chi connectivity index (χ3v) is 8.29. The van der Waals surface area contributed by atoms with E-state index in [0.29, 0.717) is 10.6 Å². The lowest BCUT2D eigenvalue weighted by molar-refractivity contribution is -0.139. The average Bonchev–Trinajstić information content (AvgIpc) is 3.30. The molecule has 0 bridgehead atoms. The summed E-state index contributed by atoms with van der Waals surface area (Å²) >= 11 is 18.4. The Bertz CT molecular complexity index is 1190. The first kappa shape index (κ1) is 27.6. The average molecular weight is 561 g/mol. The second-order valence-corrected chi connectivity index (χ2v) is 11.8. The second-order valence-electron chi connectivity index (χ2n) is 8.65. The first-order valence-corrected chi connectivity index (χ1v) is 14.2. The number of amides is 2. The van der Waals surface area contributed by atoms with Crippen LogP contribution in [0.4, 0.5) is 5.69 Å². The Balaban J connectivity index is 1.90. The van der Waals surface area contributed by atoms with Gasteiger partial charge in [-0.3, -0.25) is 13.9 Å². The first-order chi connectivity index (χ1) is 16.5. The fraction of sp³-hybridized carbons (Fsp3) is 0.417. The highest BCUT2D eigenvalue weighted by molar-refractivity contribution is 7.92. The number of nitrogens with one attached hydrogen (secondary N) is 1. The first-order valence-electron chi connectivity index (χ1n) is 11.2. The third kappa shape index (κ3) is 7.26. The highest BCUT2D eigenvalue weighted by atomic mass is 35.5. The van der Waals surface area contributed by atoms with Crippen LogP contribution in [0.1, 0.15) is 38.2 Å². The Morgan fingerprint density at radius 1 is 1.03 bits per heavy atom. The smallest absolute Gasteiger partial charge is 0.244 e. The topological polar surface area (TPSA) is 86.8 Å². The van der Waals surface area contributed by atoms with Crippen LogP contribution >= 0.6 is 34.8 Å². The molecule has 0 unspecified atom stereocenters. The summed E-state index contributed by atoms with van der Waals surface area (Å²) in [5.74, 6) is -0.853. The van der Waals surface area contributed by atoms with Crippen LogP contribution in [-0.4, -0.2) is 50.0 Å². The Morgan fingerprint density at radius 2 is 1.69 bits per heavy atom. The van der Waals surface area contributed by atoms with E-state index in [4.69, 9.17) is 34.8 Å². The van der Waals surface area contributed by atoms with Gasteiger partial charge in [0.2, 0.25) is 21.8 Å². The summed E-state index contributed by atoms with van der Waals surface area (Å²) in [6, 6.07) is 10.5.